The number of methoxy groups -OCH3 is 1. The van der Waals surface area contributed by atoms with Gasteiger partial charge in [-0.25, -0.2) is 0 Å². The molecule has 1 rings (SSSR count). The van der Waals surface area contributed by atoms with E-state index in [0.717, 1.165) is 38.2 Å². The van der Waals surface area contributed by atoms with Gasteiger partial charge in [-0.2, -0.15) is 0 Å². The van der Waals surface area contributed by atoms with Gasteiger partial charge in [-0.05, 0) is 57.4 Å². The first-order chi connectivity index (χ1) is 9.67. The second-order valence-corrected chi connectivity index (χ2v) is 5.31. The summed E-state index contributed by atoms with van der Waals surface area (Å²) in [5.41, 5.74) is 1.33. The van der Waals surface area contributed by atoms with E-state index in [2.05, 4.69) is 38.2 Å². The smallest absolute Gasteiger partial charge is 0.118 e. The van der Waals surface area contributed by atoms with Gasteiger partial charge in [0.1, 0.15) is 5.75 Å². The first-order valence-corrected chi connectivity index (χ1v) is 7.66. The molecule has 0 amide bonds. The summed E-state index contributed by atoms with van der Waals surface area (Å²) in [6.07, 6.45) is 3.70. The molecule has 0 aliphatic heterocycles. The van der Waals surface area contributed by atoms with Crippen molar-refractivity contribution in [1.29, 1.82) is 0 Å². The lowest BCUT2D eigenvalue weighted by atomic mass is 10.0. The molecule has 0 aromatic heterocycles. The molecule has 1 aromatic carbocycles. The first-order valence-electron chi connectivity index (χ1n) is 7.66. The van der Waals surface area contributed by atoms with Crippen molar-refractivity contribution in [2.75, 3.05) is 20.3 Å². The molecule has 0 radical (unpaired) electrons. The molecule has 0 fully saturated rings. The van der Waals surface area contributed by atoms with Gasteiger partial charge in [-0.3, -0.25) is 0 Å². The molecule has 0 bridgehead atoms. The zero-order chi connectivity index (χ0) is 14.8. The minimum atomic E-state index is 0.339. The van der Waals surface area contributed by atoms with Crippen LogP contribution in [-0.4, -0.2) is 26.4 Å². The zero-order valence-electron chi connectivity index (χ0n) is 13.3. The fraction of sp³-hybridized carbons (Fsp3) is 0.647. The molecule has 3 heteroatoms. The largest absolute Gasteiger partial charge is 0.497 e. The lowest BCUT2D eigenvalue weighted by Gasteiger charge is -2.18. The molecule has 1 aromatic rings. The van der Waals surface area contributed by atoms with Crippen molar-refractivity contribution in [1.82, 2.24) is 5.32 Å². The number of hydrogen-bond donors (Lipinski definition) is 1. The molecule has 0 spiro atoms. The van der Waals surface area contributed by atoms with Gasteiger partial charge in [-0.1, -0.05) is 19.1 Å². The van der Waals surface area contributed by atoms with E-state index in [0.29, 0.717) is 12.1 Å². The average molecular weight is 279 g/mol. The Hall–Kier alpha value is -1.06. The number of nitrogens with one attached hydrogen (secondary N) is 1. The van der Waals surface area contributed by atoms with Crippen LogP contribution in [0.4, 0.5) is 0 Å². The maximum atomic E-state index is 5.54. The monoisotopic (exact) mass is 279 g/mol. The van der Waals surface area contributed by atoms with Crippen molar-refractivity contribution < 1.29 is 9.47 Å². The van der Waals surface area contributed by atoms with E-state index in [-0.39, 0.29) is 0 Å². The van der Waals surface area contributed by atoms with Crippen molar-refractivity contribution in [3.63, 3.8) is 0 Å². The number of hydrogen-bond acceptors (Lipinski definition) is 3. The number of ether oxygens (including phenoxy) is 2. The standard InChI is InChI=1S/C17H29NO2/c1-5-17(15-8-10-16(19-4)11-9-15)18-12-6-7-13-20-14(2)3/h8-11,14,17-18H,5-7,12-13H2,1-4H3. The third-order valence-electron chi connectivity index (χ3n) is 3.34. The normalized spacial score (nSPS) is 12.7. The summed E-state index contributed by atoms with van der Waals surface area (Å²) in [5, 5.41) is 3.61. The fourth-order valence-electron chi connectivity index (χ4n) is 2.16. The lowest BCUT2D eigenvalue weighted by molar-refractivity contribution is 0.0759. The van der Waals surface area contributed by atoms with Crippen LogP contribution in [0.15, 0.2) is 24.3 Å². The van der Waals surface area contributed by atoms with Crippen LogP contribution in [0.2, 0.25) is 0 Å². The van der Waals surface area contributed by atoms with Crippen LogP contribution in [0, 0.1) is 0 Å². The van der Waals surface area contributed by atoms with Crippen LogP contribution in [0.1, 0.15) is 51.6 Å². The van der Waals surface area contributed by atoms with Crippen LogP contribution in [-0.2, 0) is 4.74 Å². The lowest BCUT2D eigenvalue weighted by Crippen LogP contribution is -2.22. The van der Waals surface area contributed by atoms with Crippen molar-refractivity contribution in [3.05, 3.63) is 29.8 Å². The van der Waals surface area contributed by atoms with E-state index in [9.17, 15) is 0 Å². The van der Waals surface area contributed by atoms with Crippen molar-refractivity contribution in [2.45, 2.75) is 52.2 Å². The zero-order valence-corrected chi connectivity index (χ0v) is 13.3. The van der Waals surface area contributed by atoms with Gasteiger partial charge in [0, 0.05) is 12.6 Å². The highest BCUT2D eigenvalue weighted by Gasteiger charge is 2.08. The summed E-state index contributed by atoms with van der Waals surface area (Å²) < 4.78 is 10.7. The van der Waals surface area contributed by atoms with E-state index < -0.39 is 0 Å². The van der Waals surface area contributed by atoms with Crippen LogP contribution < -0.4 is 10.1 Å². The SMILES string of the molecule is CCC(NCCCCOC(C)C)c1ccc(OC)cc1. The van der Waals surface area contributed by atoms with Gasteiger partial charge in [0.25, 0.3) is 0 Å². The Bertz CT molecular complexity index is 349. The summed E-state index contributed by atoms with van der Waals surface area (Å²) >= 11 is 0. The predicted octanol–water partition coefficient (Wildman–Crippen LogP) is 3.94. The minimum absolute atomic E-state index is 0.339. The number of benzene rings is 1. The third-order valence-corrected chi connectivity index (χ3v) is 3.34. The molecule has 1 unspecified atom stereocenters. The molecule has 0 aliphatic rings. The van der Waals surface area contributed by atoms with Crippen LogP contribution in [0.25, 0.3) is 0 Å². The molecule has 0 heterocycles. The van der Waals surface area contributed by atoms with E-state index in [1.807, 2.05) is 12.1 Å². The highest BCUT2D eigenvalue weighted by atomic mass is 16.5. The van der Waals surface area contributed by atoms with Gasteiger partial charge < -0.3 is 14.8 Å². The van der Waals surface area contributed by atoms with Crippen molar-refractivity contribution >= 4 is 0 Å². The van der Waals surface area contributed by atoms with Crippen LogP contribution >= 0.6 is 0 Å². The Labute approximate surface area is 123 Å². The van der Waals surface area contributed by atoms with Gasteiger partial charge >= 0.3 is 0 Å². The molecular formula is C17H29NO2. The first kappa shape index (κ1) is 17.0. The van der Waals surface area contributed by atoms with Gasteiger partial charge in [0.05, 0.1) is 13.2 Å². The molecule has 20 heavy (non-hydrogen) atoms. The molecule has 0 saturated heterocycles. The van der Waals surface area contributed by atoms with E-state index in [4.69, 9.17) is 9.47 Å². The van der Waals surface area contributed by atoms with Crippen molar-refractivity contribution in [3.8, 4) is 5.75 Å². The Balaban J connectivity index is 2.28. The molecule has 1 atom stereocenters. The van der Waals surface area contributed by atoms with Crippen LogP contribution in [0.3, 0.4) is 0 Å². The van der Waals surface area contributed by atoms with E-state index in [1.165, 1.54) is 5.56 Å². The number of unbranched alkanes of at least 4 members (excludes halogenated alkanes) is 1. The summed E-state index contributed by atoms with van der Waals surface area (Å²) in [5.74, 6) is 0.912. The molecule has 0 saturated carbocycles. The van der Waals surface area contributed by atoms with E-state index in [1.54, 1.807) is 7.11 Å². The second kappa shape index (κ2) is 9.78. The Morgan fingerprint density at radius 2 is 1.80 bits per heavy atom. The summed E-state index contributed by atoms with van der Waals surface area (Å²) in [7, 11) is 1.70. The quantitative estimate of drug-likeness (QED) is 0.658. The fourth-order valence-corrected chi connectivity index (χ4v) is 2.16. The topological polar surface area (TPSA) is 30.5 Å². The van der Waals surface area contributed by atoms with Gasteiger partial charge in [-0.15, -0.1) is 0 Å². The Morgan fingerprint density at radius 1 is 1.10 bits per heavy atom. The molecule has 0 aliphatic carbocycles. The summed E-state index contributed by atoms with van der Waals surface area (Å²) in [6.45, 7) is 8.26. The molecule has 1 N–H and O–H groups in total. The average Bonchev–Trinajstić information content (AvgIpc) is 2.46. The second-order valence-electron chi connectivity index (χ2n) is 5.31. The van der Waals surface area contributed by atoms with Gasteiger partial charge in [0.15, 0.2) is 0 Å². The molecular weight excluding hydrogens is 250 g/mol. The van der Waals surface area contributed by atoms with E-state index >= 15 is 0 Å². The molecule has 3 nitrogen and oxygen atoms in total. The minimum Gasteiger partial charge on any atom is -0.497 e. The molecule has 114 valence electrons. The predicted molar refractivity (Wildman–Crippen MR) is 84.4 cm³/mol. The van der Waals surface area contributed by atoms with Gasteiger partial charge in [0.2, 0.25) is 0 Å². The van der Waals surface area contributed by atoms with Crippen molar-refractivity contribution in [2.24, 2.45) is 0 Å². The Morgan fingerprint density at radius 3 is 2.35 bits per heavy atom. The summed E-state index contributed by atoms with van der Waals surface area (Å²) in [4.78, 5) is 0. The highest BCUT2D eigenvalue weighted by molar-refractivity contribution is 5.29. The third kappa shape index (κ3) is 6.40. The van der Waals surface area contributed by atoms with Crippen LogP contribution in [0.5, 0.6) is 5.75 Å². The summed E-state index contributed by atoms with van der Waals surface area (Å²) in [6, 6.07) is 8.75. The number of rotatable bonds is 10. The Kier molecular flexibility index (Phi) is 8.31. The highest BCUT2D eigenvalue weighted by Crippen LogP contribution is 2.19. The maximum Gasteiger partial charge on any atom is 0.118 e. The maximum absolute atomic E-state index is 5.54.